The van der Waals surface area contributed by atoms with Crippen LogP contribution in [0.4, 0.5) is 0 Å². The van der Waals surface area contributed by atoms with Gasteiger partial charge in [-0.05, 0) is 0 Å². The molecule has 0 aliphatic heterocycles. The van der Waals surface area contributed by atoms with Crippen LogP contribution in [-0.4, -0.2) is 48.7 Å². The van der Waals surface area contributed by atoms with Crippen LogP contribution in [0, 0.1) is 0 Å². The Kier molecular flexibility index (Phi) is 249. The van der Waals surface area contributed by atoms with Crippen molar-refractivity contribution in [3.8, 4) is 0 Å². The van der Waals surface area contributed by atoms with Gasteiger partial charge in [0.15, 0.2) is 0 Å². The van der Waals surface area contributed by atoms with Crippen molar-refractivity contribution < 1.29 is 27.4 Å². The third-order valence-corrected chi connectivity index (χ3v) is 0. The Labute approximate surface area is 64.5 Å². The first-order valence-corrected chi connectivity index (χ1v) is 0. The molecule has 0 saturated carbocycles. The minimum absolute atomic E-state index is 0. The third-order valence-electron chi connectivity index (χ3n) is 0. The first kappa shape index (κ1) is 44.3. The van der Waals surface area contributed by atoms with Crippen molar-refractivity contribution in [2.45, 2.75) is 0 Å². The minimum atomic E-state index is 0. The Morgan fingerprint density at radius 1 is 0.750 bits per heavy atom. The van der Waals surface area contributed by atoms with E-state index in [-0.39, 0.29) is 65.2 Å². The monoisotopic (exact) mass is 132 g/mol. The molecule has 0 amide bonds. The zero-order valence-electron chi connectivity index (χ0n) is 1.92. The van der Waals surface area contributed by atoms with Crippen LogP contribution in [0.2, 0.25) is 0 Å². The van der Waals surface area contributed by atoms with E-state index in [1.807, 2.05) is 0 Å². The molecule has 2 N–H and O–H groups in total. The molecule has 0 atom stereocenters. The van der Waals surface area contributed by atoms with Crippen molar-refractivity contribution in [1.82, 2.24) is 0 Å². The molecule has 0 heterocycles. The molecule has 0 saturated heterocycles. The van der Waals surface area contributed by atoms with Gasteiger partial charge in [-0.2, -0.15) is 0 Å². The van der Waals surface area contributed by atoms with Gasteiger partial charge in [-0.25, -0.2) is 0 Å². The Morgan fingerprint density at radius 3 is 0.750 bits per heavy atom. The molecule has 0 unspecified atom stereocenters. The second-order valence-electron chi connectivity index (χ2n) is 0. The maximum Gasteiger partial charge on any atom is 2.00 e. The molecule has 26 valence electrons. The summed E-state index contributed by atoms with van der Waals surface area (Å²) in [6, 6.07) is 0. The van der Waals surface area contributed by atoms with Gasteiger partial charge in [0.1, 0.15) is 0 Å². The summed E-state index contributed by atoms with van der Waals surface area (Å²) < 4.78 is 0. The van der Waals surface area contributed by atoms with Gasteiger partial charge in [-0.15, -0.1) is 0 Å². The Bertz CT molecular complexity index is 6.00. The summed E-state index contributed by atoms with van der Waals surface area (Å²) in [5.41, 5.74) is 0. The van der Waals surface area contributed by atoms with Crippen LogP contribution in [0.1, 0.15) is 0 Å². The molecule has 4 heavy (non-hydrogen) atoms. The molecule has 0 fully saturated rings. The summed E-state index contributed by atoms with van der Waals surface area (Å²) in [4.78, 5) is 0. The summed E-state index contributed by atoms with van der Waals surface area (Å²) in [6.45, 7) is 0. The largest absolute Gasteiger partial charge is 2.00 e. The smallest absolute Gasteiger partial charge is 0.870 e. The second kappa shape index (κ2) is 22.5. The molecule has 0 aliphatic carbocycles. The van der Waals surface area contributed by atoms with Gasteiger partial charge in [-0.3, -0.25) is 0 Å². The second-order valence-corrected chi connectivity index (χ2v) is 0. The van der Waals surface area contributed by atoms with E-state index in [1.54, 1.807) is 0 Å². The van der Waals surface area contributed by atoms with Crippen LogP contribution < -0.4 is 0 Å². The fraction of sp³-hybridized carbons (Fsp3) is 0. The summed E-state index contributed by atoms with van der Waals surface area (Å²) in [6.07, 6.45) is 0. The van der Waals surface area contributed by atoms with Gasteiger partial charge in [0.25, 0.3) is 0 Å². The van der Waals surface area contributed by atoms with E-state index >= 15 is 0 Å². The average molecular weight is 133 g/mol. The van der Waals surface area contributed by atoms with E-state index in [0.717, 1.165) is 0 Å². The maximum absolute atomic E-state index is 0. The van der Waals surface area contributed by atoms with Crippen molar-refractivity contribution in [3.63, 3.8) is 0 Å². The van der Waals surface area contributed by atoms with Crippen LogP contribution in [0.15, 0.2) is 0 Å². The van der Waals surface area contributed by atoms with E-state index in [9.17, 15) is 0 Å². The van der Waals surface area contributed by atoms with Gasteiger partial charge >= 0.3 is 37.7 Å². The summed E-state index contributed by atoms with van der Waals surface area (Å²) in [5.74, 6) is 0. The summed E-state index contributed by atoms with van der Waals surface area (Å²) >= 11 is 0. The maximum atomic E-state index is 0. The molecule has 4 heteroatoms. The van der Waals surface area contributed by atoms with Crippen molar-refractivity contribution in [2.24, 2.45) is 0 Å². The zero-order valence-corrected chi connectivity index (χ0v) is 5.11. The van der Waals surface area contributed by atoms with Crippen molar-refractivity contribution in [3.05, 3.63) is 0 Å². The van der Waals surface area contributed by atoms with Crippen LogP contribution in [-0.2, 0) is 16.5 Å². The first-order chi connectivity index (χ1) is 0. The first-order valence-electron chi connectivity index (χ1n) is 0. The normalized spacial score (nSPS) is 0. The predicted octanol–water partition coefficient (Wildman–Crippen LogP) is -0.737. The van der Waals surface area contributed by atoms with E-state index < -0.39 is 0 Å². The molecule has 0 spiro atoms. The summed E-state index contributed by atoms with van der Waals surface area (Å²) in [7, 11) is 0. The fourth-order valence-electron chi connectivity index (χ4n) is 0. The predicted molar refractivity (Wildman–Crippen MR) is 9.63 cm³/mol. The molecule has 0 aliphatic rings. The van der Waals surface area contributed by atoms with Gasteiger partial charge in [0.2, 0.25) is 0 Å². The zero-order chi connectivity index (χ0) is 0. The van der Waals surface area contributed by atoms with Crippen molar-refractivity contribution in [2.75, 3.05) is 0 Å². The van der Waals surface area contributed by atoms with Crippen LogP contribution in [0.5, 0.6) is 0 Å². The van der Waals surface area contributed by atoms with Gasteiger partial charge in [-0.1, -0.05) is 0 Å². The molecular weight excluding hydrogens is 131 g/mol. The average Bonchev–Trinajstić information content (AvgIpc) is 0. The summed E-state index contributed by atoms with van der Waals surface area (Å²) in [5, 5.41) is 0. The third kappa shape index (κ3) is 9.38. The molecule has 0 aromatic heterocycles. The Hall–Kier alpha value is 1.67. The van der Waals surface area contributed by atoms with Gasteiger partial charge in [0, 0.05) is 16.5 Å². The van der Waals surface area contributed by atoms with Crippen molar-refractivity contribution in [1.29, 1.82) is 0 Å². The molecule has 0 rings (SSSR count). The van der Waals surface area contributed by atoms with Gasteiger partial charge in [0.05, 0.1) is 0 Å². The van der Waals surface area contributed by atoms with Gasteiger partial charge < -0.3 is 11.0 Å². The molecule has 0 aromatic carbocycles. The Morgan fingerprint density at radius 2 is 0.750 bits per heavy atom. The van der Waals surface area contributed by atoms with E-state index in [4.69, 9.17) is 0 Å². The van der Waals surface area contributed by atoms with Crippen LogP contribution >= 0.6 is 0 Å². The van der Waals surface area contributed by atoms with Crippen LogP contribution in [0.3, 0.4) is 0 Å². The topological polar surface area (TPSA) is 60.0 Å². The molecule has 0 radical (unpaired) electrons. The standard InChI is InChI=1S/Ca.Ni.2H2O/h;;2*1H2/q+2;;;/p-2. The van der Waals surface area contributed by atoms with Crippen LogP contribution in [0.25, 0.3) is 0 Å². The quantitative estimate of drug-likeness (QED) is 0.408. The SMILES string of the molecule is [Ca+2].[Ni].[OH-].[OH-]. The molecular formula is H2CaNiO2. The Balaban J connectivity index is 0. The number of hydrogen-bond acceptors (Lipinski definition) is 2. The fourth-order valence-corrected chi connectivity index (χ4v) is 0. The minimum Gasteiger partial charge on any atom is -0.870 e. The van der Waals surface area contributed by atoms with E-state index in [0.29, 0.717) is 0 Å². The number of rotatable bonds is 0. The molecule has 0 aromatic rings. The molecule has 0 bridgehead atoms. The van der Waals surface area contributed by atoms with E-state index in [1.165, 1.54) is 0 Å². The molecule has 2 nitrogen and oxygen atoms in total. The van der Waals surface area contributed by atoms with Crippen molar-refractivity contribution >= 4 is 37.7 Å². The van der Waals surface area contributed by atoms with E-state index in [2.05, 4.69) is 0 Å². The number of hydrogen-bond donors (Lipinski definition) is 0.